The maximum atomic E-state index is 11.6. The van der Waals surface area contributed by atoms with Crippen LogP contribution in [0.25, 0.3) is 33.2 Å². The molecule has 4 aromatic rings. The Labute approximate surface area is 153 Å². The van der Waals surface area contributed by atoms with E-state index in [0.29, 0.717) is 33.2 Å². The van der Waals surface area contributed by atoms with Crippen LogP contribution in [0.1, 0.15) is 20.7 Å². The molecule has 6 N–H and O–H groups in total. The lowest BCUT2D eigenvalue weighted by Crippen LogP contribution is -2.03. The molecule has 0 radical (unpaired) electrons. The van der Waals surface area contributed by atoms with E-state index in [0.717, 1.165) is 0 Å². The highest BCUT2D eigenvalue weighted by Gasteiger charge is 2.17. The minimum absolute atomic E-state index is 0. The minimum atomic E-state index is -1.08. The molecule has 0 aliphatic carbocycles. The number of pyridine rings is 2. The topological polar surface area (TPSA) is 137 Å². The molecule has 0 aliphatic heterocycles. The van der Waals surface area contributed by atoms with Crippen LogP contribution < -0.4 is 6.15 Å². The smallest absolute Gasteiger partial charge is 0.336 e. The standard InChI is InChI=1S/C20H12N2O4.H3N/c23-19(24)13-9-17(21-15-7-3-1-5-11(13)15)18-10-14(20(25)26)12-6-2-4-8-16(12)22-18;/h1-10H,(H,23,24)(H,25,26);1H3/p+1. The van der Waals surface area contributed by atoms with Crippen molar-refractivity contribution >= 4 is 33.7 Å². The lowest BCUT2D eigenvalue weighted by atomic mass is 10.0. The van der Waals surface area contributed by atoms with Gasteiger partial charge >= 0.3 is 11.9 Å². The van der Waals surface area contributed by atoms with E-state index >= 15 is 0 Å². The van der Waals surface area contributed by atoms with Crippen molar-refractivity contribution in [3.05, 3.63) is 71.8 Å². The van der Waals surface area contributed by atoms with Gasteiger partial charge in [-0.15, -0.1) is 0 Å². The van der Waals surface area contributed by atoms with Gasteiger partial charge < -0.3 is 16.4 Å². The lowest BCUT2D eigenvalue weighted by molar-refractivity contribution is 0.0688. The SMILES string of the molecule is O=C(O)c1cc(-c2cc(C(=O)O)c3ccccc3n2)nc2ccccc12.[NH4+]. The molecule has 2 aromatic heterocycles. The quantitative estimate of drug-likeness (QED) is 0.499. The Bertz CT molecular complexity index is 1110. The maximum absolute atomic E-state index is 11.6. The minimum Gasteiger partial charge on any atom is -0.478 e. The summed E-state index contributed by atoms with van der Waals surface area (Å²) in [5.74, 6) is -2.16. The van der Waals surface area contributed by atoms with Crippen LogP contribution in [0.4, 0.5) is 0 Å². The fourth-order valence-electron chi connectivity index (χ4n) is 2.97. The molecule has 0 fully saturated rings. The van der Waals surface area contributed by atoms with E-state index < -0.39 is 11.9 Å². The zero-order valence-electron chi connectivity index (χ0n) is 14.4. The Balaban J connectivity index is 0.00000210. The zero-order chi connectivity index (χ0) is 18.3. The Morgan fingerprint density at radius 1 is 0.667 bits per heavy atom. The number of fused-ring (bicyclic) bond motifs is 2. The van der Waals surface area contributed by atoms with Gasteiger partial charge in [-0.3, -0.25) is 0 Å². The molecule has 0 unspecified atom stereocenters. The molecule has 0 saturated heterocycles. The summed E-state index contributed by atoms with van der Waals surface area (Å²) in [6.07, 6.45) is 0. The molecule has 7 nitrogen and oxygen atoms in total. The second kappa shape index (κ2) is 6.81. The van der Waals surface area contributed by atoms with Crippen LogP contribution >= 0.6 is 0 Å². The highest BCUT2D eigenvalue weighted by Crippen LogP contribution is 2.27. The number of carboxylic acid groups (broad SMARTS) is 2. The second-order valence-electron chi connectivity index (χ2n) is 5.75. The molecule has 7 heteroatoms. The van der Waals surface area contributed by atoms with Crippen LogP contribution in [0, 0.1) is 0 Å². The number of nitrogens with zero attached hydrogens (tertiary/aromatic N) is 2. The number of para-hydroxylation sites is 2. The summed E-state index contributed by atoms with van der Waals surface area (Å²) >= 11 is 0. The van der Waals surface area contributed by atoms with Crippen LogP contribution in [0.3, 0.4) is 0 Å². The molecule has 134 valence electrons. The van der Waals surface area contributed by atoms with Gasteiger partial charge in [0.25, 0.3) is 0 Å². The average molecular weight is 362 g/mol. The highest BCUT2D eigenvalue weighted by atomic mass is 16.4. The lowest BCUT2D eigenvalue weighted by Gasteiger charge is -2.09. The van der Waals surface area contributed by atoms with Gasteiger partial charge in [0.05, 0.1) is 33.5 Å². The van der Waals surface area contributed by atoms with Crippen molar-refractivity contribution in [1.29, 1.82) is 0 Å². The van der Waals surface area contributed by atoms with Crippen LogP contribution in [-0.2, 0) is 0 Å². The first-order valence-electron chi connectivity index (χ1n) is 7.81. The maximum Gasteiger partial charge on any atom is 0.336 e. The summed E-state index contributed by atoms with van der Waals surface area (Å²) in [6, 6.07) is 16.7. The van der Waals surface area contributed by atoms with E-state index in [1.807, 2.05) is 0 Å². The number of carboxylic acids is 2. The van der Waals surface area contributed by atoms with Crippen molar-refractivity contribution in [2.75, 3.05) is 0 Å². The van der Waals surface area contributed by atoms with Crippen molar-refractivity contribution in [2.24, 2.45) is 0 Å². The summed E-state index contributed by atoms with van der Waals surface area (Å²) < 4.78 is 0. The molecule has 2 aromatic carbocycles. The first kappa shape index (κ1) is 18.0. The van der Waals surface area contributed by atoms with Crippen LogP contribution in [0.15, 0.2) is 60.7 Å². The van der Waals surface area contributed by atoms with E-state index in [2.05, 4.69) is 9.97 Å². The summed E-state index contributed by atoms with van der Waals surface area (Å²) in [5.41, 5.74) is 1.84. The predicted molar refractivity (Wildman–Crippen MR) is 102 cm³/mol. The first-order valence-corrected chi connectivity index (χ1v) is 7.81. The highest BCUT2D eigenvalue weighted by molar-refractivity contribution is 6.05. The second-order valence-corrected chi connectivity index (χ2v) is 5.75. The van der Waals surface area contributed by atoms with Gasteiger partial charge in [-0.25, -0.2) is 19.6 Å². The number of hydrogen-bond donors (Lipinski definition) is 3. The van der Waals surface area contributed by atoms with Crippen LogP contribution in [-0.4, -0.2) is 32.1 Å². The number of hydrogen-bond acceptors (Lipinski definition) is 4. The molecule has 0 bridgehead atoms. The largest absolute Gasteiger partial charge is 0.478 e. The Kier molecular flexibility index (Phi) is 4.53. The van der Waals surface area contributed by atoms with Gasteiger partial charge in [0.15, 0.2) is 0 Å². The molecule has 0 atom stereocenters. The summed E-state index contributed by atoms with van der Waals surface area (Å²) in [4.78, 5) is 32.2. The zero-order valence-corrected chi connectivity index (χ0v) is 14.4. The van der Waals surface area contributed by atoms with E-state index in [1.165, 1.54) is 12.1 Å². The Morgan fingerprint density at radius 3 is 1.41 bits per heavy atom. The number of rotatable bonds is 3. The molecule has 0 aliphatic rings. The van der Waals surface area contributed by atoms with Crippen molar-refractivity contribution in [1.82, 2.24) is 16.1 Å². The van der Waals surface area contributed by atoms with Gasteiger partial charge in [-0.1, -0.05) is 36.4 Å². The summed E-state index contributed by atoms with van der Waals surface area (Å²) in [7, 11) is 0. The van der Waals surface area contributed by atoms with E-state index in [-0.39, 0.29) is 17.3 Å². The monoisotopic (exact) mass is 362 g/mol. The van der Waals surface area contributed by atoms with Gasteiger partial charge in [0.1, 0.15) is 0 Å². The van der Waals surface area contributed by atoms with Gasteiger partial charge in [-0.2, -0.15) is 0 Å². The fraction of sp³-hybridized carbons (Fsp3) is 0. The molecular weight excluding hydrogens is 346 g/mol. The molecule has 27 heavy (non-hydrogen) atoms. The third kappa shape index (κ3) is 3.07. The van der Waals surface area contributed by atoms with Gasteiger partial charge in [-0.05, 0) is 24.3 Å². The Morgan fingerprint density at radius 2 is 1.04 bits per heavy atom. The molecule has 2 heterocycles. The molecule has 4 rings (SSSR count). The molecular formula is C20H16N3O4+. The Hall–Kier alpha value is -3.84. The number of aromatic carboxylic acids is 2. The summed E-state index contributed by atoms with van der Waals surface area (Å²) in [5, 5.41) is 20.1. The third-order valence-electron chi connectivity index (χ3n) is 4.16. The fourth-order valence-corrected chi connectivity index (χ4v) is 2.97. The average Bonchev–Trinajstić information content (AvgIpc) is 2.66. The molecule has 0 amide bonds. The predicted octanol–water partition coefficient (Wildman–Crippen LogP) is 4.22. The third-order valence-corrected chi connectivity index (χ3v) is 4.16. The van der Waals surface area contributed by atoms with Crippen LogP contribution in [0.5, 0.6) is 0 Å². The number of benzene rings is 2. The van der Waals surface area contributed by atoms with Gasteiger partial charge in [0.2, 0.25) is 0 Å². The van der Waals surface area contributed by atoms with Crippen molar-refractivity contribution in [2.45, 2.75) is 0 Å². The van der Waals surface area contributed by atoms with Crippen LogP contribution in [0.2, 0.25) is 0 Å². The normalized spacial score (nSPS) is 10.5. The first-order chi connectivity index (χ1) is 12.5. The van der Waals surface area contributed by atoms with Crippen molar-refractivity contribution in [3.63, 3.8) is 0 Å². The number of quaternary nitrogens is 1. The molecule has 0 saturated carbocycles. The number of aromatic nitrogens is 2. The summed E-state index contributed by atoms with van der Waals surface area (Å²) in [6.45, 7) is 0. The van der Waals surface area contributed by atoms with Gasteiger partial charge in [0, 0.05) is 10.8 Å². The van der Waals surface area contributed by atoms with E-state index in [4.69, 9.17) is 0 Å². The molecule has 0 spiro atoms. The van der Waals surface area contributed by atoms with Crippen molar-refractivity contribution < 1.29 is 19.8 Å². The van der Waals surface area contributed by atoms with E-state index in [1.54, 1.807) is 48.5 Å². The van der Waals surface area contributed by atoms with Crippen molar-refractivity contribution in [3.8, 4) is 11.4 Å². The number of carbonyl (C=O) groups is 2. The van der Waals surface area contributed by atoms with E-state index in [9.17, 15) is 19.8 Å².